The van der Waals surface area contributed by atoms with Gasteiger partial charge in [0, 0.05) is 28.4 Å². The highest BCUT2D eigenvalue weighted by molar-refractivity contribution is 6.30. The predicted molar refractivity (Wildman–Crippen MR) is 116 cm³/mol. The molecule has 2 heterocycles. The van der Waals surface area contributed by atoms with Crippen LogP contribution in [0.5, 0.6) is 0 Å². The third-order valence-corrected chi connectivity index (χ3v) is 5.23. The van der Waals surface area contributed by atoms with Crippen LogP contribution in [0.4, 0.5) is 17.2 Å². The fourth-order valence-electron chi connectivity index (χ4n) is 3.60. The molecule has 158 valence electrons. The summed E-state index contributed by atoms with van der Waals surface area (Å²) in [6, 6.07) is 12.1. The number of nitrogens with one attached hydrogen (secondary N) is 2. The number of anilines is 2. The van der Waals surface area contributed by atoms with Gasteiger partial charge in [0.15, 0.2) is 0 Å². The fraction of sp³-hybridized carbons (Fsp3) is 0.190. The zero-order chi connectivity index (χ0) is 22.1. The van der Waals surface area contributed by atoms with E-state index in [-0.39, 0.29) is 23.7 Å². The number of amides is 2. The van der Waals surface area contributed by atoms with E-state index in [1.165, 1.54) is 22.9 Å². The first-order valence-corrected chi connectivity index (χ1v) is 9.97. The fourth-order valence-corrected chi connectivity index (χ4v) is 3.79. The highest BCUT2D eigenvalue weighted by Gasteiger charge is 2.36. The number of aromatic nitrogens is 2. The van der Waals surface area contributed by atoms with E-state index < -0.39 is 16.9 Å². The number of hydrogen-bond donors (Lipinski definition) is 2. The molecule has 4 rings (SSSR count). The zero-order valence-corrected chi connectivity index (χ0v) is 17.2. The number of nitro groups is 1. The van der Waals surface area contributed by atoms with Crippen molar-refractivity contribution in [3.63, 3.8) is 0 Å². The third-order valence-electron chi connectivity index (χ3n) is 4.99. The maximum Gasteiger partial charge on any atom is 0.271 e. The molecule has 2 amide bonds. The molecule has 3 aromatic rings. The molecule has 0 saturated carbocycles. The van der Waals surface area contributed by atoms with Gasteiger partial charge >= 0.3 is 0 Å². The quantitative estimate of drug-likeness (QED) is 0.440. The van der Waals surface area contributed by atoms with Gasteiger partial charge in [0.2, 0.25) is 5.91 Å². The third kappa shape index (κ3) is 3.99. The molecule has 1 aliphatic rings. The van der Waals surface area contributed by atoms with Crippen molar-refractivity contribution < 1.29 is 14.5 Å². The number of hydrogen-bond acceptors (Lipinski definition) is 5. The van der Waals surface area contributed by atoms with Gasteiger partial charge in [-0.05, 0) is 30.2 Å². The number of aryl methyl sites for hydroxylation is 1. The Kier molecular flexibility index (Phi) is 5.43. The van der Waals surface area contributed by atoms with Crippen LogP contribution in [0.1, 0.15) is 25.1 Å². The van der Waals surface area contributed by atoms with Gasteiger partial charge in [-0.1, -0.05) is 36.7 Å². The molecule has 31 heavy (non-hydrogen) atoms. The van der Waals surface area contributed by atoms with Crippen LogP contribution in [0.2, 0.25) is 5.02 Å². The number of rotatable bonds is 6. The number of nitrogens with zero attached hydrogens (tertiary/aromatic N) is 3. The van der Waals surface area contributed by atoms with Crippen LogP contribution in [0.25, 0.3) is 11.1 Å². The molecule has 0 aliphatic carbocycles. The number of fused-ring (bicyclic) bond motifs is 1. The standard InChI is InChI=1S/C21H18ClN5O4/c1-2-16-19(12-5-3-6-13(22)9-12)20-24-21(29)17(26(20)25-16)11-18(28)23-14-7-4-8-15(10-14)27(30)31/h3-10,17H,2,11H2,1H3,(H,23,28)(H,24,29). The summed E-state index contributed by atoms with van der Waals surface area (Å²) in [5.41, 5.74) is 2.53. The van der Waals surface area contributed by atoms with Crippen molar-refractivity contribution in [2.24, 2.45) is 0 Å². The van der Waals surface area contributed by atoms with Crippen molar-refractivity contribution in [3.8, 4) is 11.1 Å². The minimum atomic E-state index is -0.827. The van der Waals surface area contributed by atoms with Crippen LogP contribution >= 0.6 is 11.6 Å². The first-order valence-electron chi connectivity index (χ1n) is 9.60. The van der Waals surface area contributed by atoms with E-state index in [1.807, 2.05) is 19.1 Å². The number of carbonyl (C=O) groups is 2. The predicted octanol–water partition coefficient (Wildman–Crippen LogP) is 4.20. The lowest BCUT2D eigenvalue weighted by Gasteiger charge is -2.10. The van der Waals surface area contributed by atoms with E-state index >= 15 is 0 Å². The average molecular weight is 440 g/mol. The van der Waals surface area contributed by atoms with Crippen LogP contribution in [0, 0.1) is 10.1 Å². The summed E-state index contributed by atoms with van der Waals surface area (Å²) < 4.78 is 1.53. The van der Waals surface area contributed by atoms with Crippen molar-refractivity contribution in [2.45, 2.75) is 25.8 Å². The second-order valence-electron chi connectivity index (χ2n) is 7.04. The molecule has 2 aromatic carbocycles. The molecule has 1 unspecified atom stereocenters. The molecule has 0 spiro atoms. The Morgan fingerprint density at radius 2 is 2.06 bits per heavy atom. The maximum atomic E-state index is 12.6. The van der Waals surface area contributed by atoms with Crippen LogP contribution in [-0.2, 0) is 16.0 Å². The lowest BCUT2D eigenvalue weighted by Crippen LogP contribution is -2.24. The first-order chi connectivity index (χ1) is 14.9. The molecule has 9 nitrogen and oxygen atoms in total. The van der Waals surface area contributed by atoms with E-state index in [0.717, 1.165) is 16.8 Å². The van der Waals surface area contributed by atoms with Gasteiger partial charge in [0.25, 0.3) is 11.6 Å². The van der Waals surface area contributed by atoms with Crippen molar-refractivity contribution in [3.05, 3.63) is 69.4 Å². The van der Waals surface area contributed by atoms with Crippen molar-refractivity contribution in [2.75, 3.05) is 10.6 Å². The highest BCUT2D eigenvalue weighted by atomic mass is 35.5. The first kappa shape index (κ1) is 20.5. The molecule has 2 N–H and O–H groups in total. The molecule has 1 atom stereocenters. The van der Waals surface area contributed by atoms with Gasteiger partial charge in [-0.15, -0.1) is 0 Å². The minimum absolute atomic E-state index is 0.135. The summed E-state index contributed by atoms with van der Waals surface area (Å²) in [7, 11) is 0. The number of benzene rings is 2. The van der Waals surface area contributed by atoms with E-state index in [1.54, 1.807) is 18.2 Å². The second-order valence-corrected chi connectivity index (χ2v) is 7.48. The maximum absolute atomic E-state index is 12.6. The van der Waals surface area contributed by atoms with Crippen molar-refractivity contribution >= 4 is 40.6 Å². The SMILES string of the molecule is CCc1nn2c(c1-c1cccc(Cl)c1)NC(=O)C2CC(=O)Nc1cccc([N+](=O)[O-])c1. The average Bonchev–Trinajstić information content (AvgIpc) is 3.23. The summed E-state index contributed by atoms with van der Waals surface area (Å²) in [6.07, 6.45) is 0.464. The van der Waals surface area contributed by atoms with Gasteiger partial charge in [-0.25, -0.2) is 4.68 Å². The molecule has 10 heteroatoms. The Labute approximate surface area is 182 Å². The van der Waals surface area contributed by atoms with E-state index in [0.29, 0.717) is 17.3 Å². The number of non-ortho nitro benzene ring substituents is 1. The van der Waals surface area contributed by atoms with Crippen LogP contribution in [0.3, 0.4) is 0 Å². The van der Waals surface area contributed by atoms with E-state index in [2.05, 4.69) is 15.7 Å². The molecule has 1 aromatic heterocycles. The largest absolute Gasteiger partial charge is 0.326 e. The molecule has 0 fully saturated rings. The van der Waals surface area contributed by atoms with Crippen molar-refractivity contribution in [1.82, 2.24) is 9.78 Å². The Balaban J connectivity index is 1.60. The number of halogens is 1. The van der Waals surface area contributed by atoms with Gasteiger partial charge in [0.1, 0.15) is 11.9 Å². The topological polar surface area (TPSA) is 119 Å². The van der Waals surface area contributed by atoms with Crippen molar-refractivity contribution in [1.29, 1.82) is 0 Å². The highest BCUT2D eigenvalue weighted by Crippen LogP contribution is 2.39. The number of nitro benzene ring substituents is 1. The molecular formula is C21H18ClN5O4. The Bertz CT molecular complexity index is 1210. The summed E-state index contributed by atoms with van der Waals surface area (Å²) in [4.78, 5) is 35.5. The van der Waals surface area contributed by atoms with Crippen LogP contribution < -0.4 is 10.6 Å². The minimum Gasteiger partial charge on any atom is -0.326 e. The molecule has 0 radical (unpaired) electrons. The summed E-state index contributed by atoms with van der Waals surface area (Å²) in [6.45, 7) is 1.96. The second kappa shape index (κ2) is 8.19. The lowest BCUT2D eigenvalue weighted by molar-refractivity contribution is -0.384. The van der Waals surface area contributed by atoms with Gasteiger partial charge < -0.3 is 10.6 Å². The molecule has 0 saturated heterocycles. The van der Waals surface area contributed by atoms with E-state index in [4.69, 9.17) is 11.6 Å². The summed E-state index contributed by atoms with van der Waals surface area (Å²) in [5, 5.41) is 21.5. The lowest BCUT2D eigenvalue weighted by atomic mass is 10.0. The molecular weight excluding hydrogens is 422 g/mol. The summed E-state index contributed by atoms with van der Waals surface area (Å²) in [5.74, 6) is -0.272. The normalized spacial score (nSPS) is 14.8. The Morgan fingerprint density at radius 1 is 1.29 bits per heavy atom. The van der Waals surface area contributed by atoms with Gasteiger partial charge in [-0.3, -0.25) is 19.7 Å². The van der Waals surface area contributed by atoms with Gasteiger partial charge in [0.05, 0.1) is 17.0 Å². The smallest absolute Gasteiger partial charge is 0.271 e. The monoisotopic (exact) mass is 439 g/mol. The Hall–Kier alpha value is -3.72. The van der Waals surface area contributed by atoms with Crippen LogP contribution in [-0.4, -0.2) is 26.5 Å². The zero-order valence-electron chi connectivity index (χ0n) is 16.5. The molecule has 0 bridgehead atoms. The molecule has 1 aliphatic heterocycles. The van der Waals surface area contributed by atoms with Gasteiger partial charge in [-0.2, -0.15) is 5.10 Å². The van der Waals surface area contributed by atoms with E-state index in [9.17, 15) is 19.7 Å². The summed E-state index contributed by atoms with van der Waals surface area (Å²) >= 11 is 6.13. The number of carbonyl (C=O) groups excluding carboxylic acids is 2. The van der Waals surface area contributed by atoms with Crippen LogP contribution in [0.15, 0.2) is 48.5 Å². The Morgan fingerprint density at radius 3 is 2.77 bits per heavy atom.